The molecule has 0 radical (unpaired) electrons. The number of nitrogens with one attached hydrogen (secondary N) is 1. The molecular weight excluding hydrogens is 558 g/mol. The van der Waals surface area contributed by atoms with E-state index in [0.717, 1.165) is 0 Å². The number of carbonyl (C=O) groups is 3. The summed E-state index contributed by atoms with van der Waals surface area (Å²) in [5.74, 6) is -2.54. The molecule has 2 aliphatic heterocycles. The third-order valence-corrected chi connectivity index (χ3v) is 8.06. The maximum Gasteiger partial charge on any atom is 0.415 e. The molecule has 3 aromatic rings. The van der Waals surface area contributed by atoms with E-state index in [9.17, 15) is 19.5 Å². The van der Waals surface area contributed by atoms with Gasteiger partial charge in [-0.1, -0.05) is 62.2 Å². The van der Waals surface area contributed by atoms with E-state index in [2.05, 4.69) is 5.32 Å². The van der Waals surface area contributed by atoms with E-state index in [1.165, 1.54) is 41.3 Å². The molecule has 1 spiro atoms. The molecule has 0 saturated carbocycles. The van der Waals surface area contributed by atoms with E-state index in [1.807, 2.05) is 20.8 Å². The molecule has 5 rings (SSSR count). The van der Waals surface area contributed by atoms with Crippen molar-refractivity contribution in [1.82, 2.24) is 4.90 Å². The second-order valence-electron chi connectivity index (χ2n) is 11.4. The number of hydrogen-bond donors (Lipinski definition) is 2. The lowest BCUT2D eigenvalue weighted by Crippen LogP contribution is -2.46. The van der Waals surface area contributed by atoms with E-state index < -0.39 is 35.3 Å². The first kappa shape index (κ1) is 27.9. The molecule has 0 bridgehead atoms. The van der Waals surface area contributed by atoms with Gasteiger partial charge in [0.2, 0.25) is 5.91 Å². The number of amides is 2. The van der Waals surface area contributed by atoms with Crippen molar-refractivity contribution >= 4 is 46.9 Å². The highest BCUT2D eigenvalue weighted by atomic mass is 35.5. The van der Waals surface area contributed by atoms with Crippen molar-refractivity contribution in [3.8, 4) is 5.75 Å². The van der Waals surface area contributed by atoms with Crippen LogP contribution in [0.25, 0.3) is 0 Å². The summed E-state index contributed by atoms with van der Waals surface area (Å²) in [5, 5.41) is 12.4. The van der Waals surface area contributed by atoms with Crippen LogP contribution >= 0.6 is 23.2 Å². The van der Waals surface area contributed by atoms with Crippen LogP contribution in [0.2, 0.25) is 10.0 Å². The Bertz CT molecular complexity index is 1520. The summed E-state index contributed by atoms with van der Waals surface area (Å²) in [5.41, 5.74) is -0.394. The lowest BCUT2D eigenvalue weighted by molar-refractivity contribution is -0.123. The number of benzene rings is 3. The fourth-order valence-electron chi connectivity index (χ4n) is 6.08. The summed E-state index contributed by atoms with van der Waals surface area (Å²) in [6, 6.07) is 13.8. The zero-order chi connectivity index (χ0) is 29.0. The van der Waals surface area contributed by atoms with Gasteiger partial charge in [0, 0.05) is 22.8 Å². The minimum absolute atomic E-state index is 0.0296. The van der Waals surface area contributed by atoms with Crippen LogP contribution in [-0.4, -0.2) is 34.5 Å². The maximum atomic E-state index is 15.8. The molecular formula is C30H27Cl2FN2O5. The van der Waals surface area contributed by atoms with Gasteiger partial charge in [-0.05, 0) is 65.8 Å². The van der Waals surface area contributed by atoms with Crippen LogP contribution < -0.4 is 10.1 Å². The fourth-order valence-corrected chi connectivity index (χ4v) is 6.43. The van der Waals surface area contributed by atoms with E-state index in [1.54, 1.807) is 24.3 Å². The largest absolute Gasteiger partial charge is 0.478 e. The number of carboxylic acids is 1. The van der Waals surface area contributed by atoms with Crippen molar-refractivity contribution in [2.45, 2.75) is 38.6 Å². The predicted octanol–water partition coefficient (Wildman–Crippen LogP) is 7.33. The lowest BCUT2D eigenvalue weighted by atomic mass is 9.63. The van der Waals surface area contributed by atoms with Gasteiger partial charge < -0.3 is 15.2 Å². The number of carboxylic acid groups (broad SMARTS) is 1. The van der Waals surface area contributed by atoms with Crippen molar-refractivity contribution in [3.63, 3.8) is 0 Å². The van der Waals surface area contributed by atoms with Gasteiger partial charge in [0.25, 0.3) is 0 Å². The van der Waals surface area contributed by atoms with Gasteiger partial charge in [-0.3, -0.25) is 9.69 Å². The molecule has 3 atom stereocenters. The van der Waals surface area contributed by atoms with Crippen molar-refractivity contribution in [2.24, 2.45) is 11.3 Å². The molecule has 3 aromatic carbocycles. The Balaban J connectivity index is 1.69. The molecule has 40 heavy (non-hydrogen) atoms. The number of nitrogens with zero attached hydrogens (tertiary/aromatic N) is 1. The Hall–Kier alpha value is -3.62. The summed E-state index contributed by atoms with van der Waals surface area (Å²) in [6.07, 6.45) is -0.281. The molecule has 0 unspecified atom stereocenters. The van der Waals surface area contributed by atoms with Gasteiger partial charge in [-0.15, -0.1) is 0 Å². The topological polar surface area (TPSA) is 95.9 Å². The Morgan fingerprint density at radius 2 is 1.82 bits per heavy atom. The van der Waals surface area contributed by atoms with Gasteiger partial charge >= 0.3 is 12.1 Å². The summed E-state index contributed by atoms with van der Waals surface area (Å²) < 4.78 is 21.5. The van der Waals surface area contributed by atoms with E-state index in [-0.39, 0.29) is 39.8 Å². The van der Waals surface area contributed by atoms with Gasteiger partial charge in [0.05, 0.1) is 16.6 Å². The Labute approximate surface area is 240 Å². The molecule has 208 valence electrons. The van der Waals surface area contributed by atoms with E-state index >= 15 is 4.39 Å². The second kappa shape index (κ2) is 10.1. The van der Waals surface area contributed by atoms with Gasteiger partial charge in [0.1, 0.15) is 17.0 Å². The Morgan fingerprint density at radius 1 is 1.12 bits per heavy atom. The zero-order valence-corrected chi connectivity index (χ0v) is 23.5. The molecule has 2 aliphatic rings. The molecule has 2 heterocycles. The third kappa shape index (κ3) is 4.69. The lowest BCUT2D eigenvalue weighted by Gasteiger charge is -2.38. The van der Waals surface area contributed by atoms with Crippen molar-refractivity contribution in [2.75, 3.05) is 11.9 Å². The van der Waals surface area contributed by atoms with Crippen LogP contribution in [-0.2, 0) is 10.2 Å². The first-order valence-electron chi connectivity index (χ1n) is 12.7. The normalized spacial score (nSPS) is 21.9. The molecule has 10 heteroatoms. The number of halogens is 3. The van der Waals surface area contributed by atoms with Crippen LogP contribution in [0.3, 0.4) is 0 Å². The number of aromatic carboxylic acids is 1. The SMILES string of the molecule is CC(C)(C)C[C@@H]1CN(C(=O)Oc2ccc(C(=O)O)cc2)[C@H](c2cccc(Cl)c2F)[C@]12C(=O)Nc1cc(Cl)ccc12. The Morgan fingerprint density at radius 3 is 2.48 bits per heavy atom. The van der Waals surface area contributed by atoms with Crippen LogP contribution in [0.15, 0.2) is 60.7 Å². The number of carbonyl (C=O) groups excluding carboxylic acids is 2. The zero-order valence-electron chi connectivity index (χ0n) is 22.0. The number of anilines is 1. The molecule has 0 aromatic heterocycles. The number of rotatable bonds is 4. The average molecular weight is 585 g/mol. The van der Waals surface area contributed by atoms with Gasteiger partial charge in [-0.2, -0.15) is 0 Å². The summed E-state index contributed by atoms with van der Waals surface area (Å²) in [4.78, 5) is 40.6. The molecule has 1 saturated heterocycles. The van der Waals surface area contributed by atoms with Crippen LogP contribution in [0.5, 0.6) is 5.75 Å². The molecule has 7 nitrogen and oxygen atoms in total. The van der Waals surface area contributed by atoms with Crippen molar-refractivity contribution in [1.29, 1.82) is 0 Å². The smallest absolute Gasteiger partial charge is 0.415 e. The number of hydrogen-bond acceptors (Lipinski definition) is 4. The highest BCUT2D eigenvalue weighted by Crippen LogP contribution is 2.60. The molecule has 2 amide bonds. The standard InChI is InChI=1S/C30H27Cl2FN2O5/c1-29(2,3)14-17-15-35(28(39)40-19-10-7-16(8-11-19)26(36)37)25(20-5-4-6-22(32)24(20)33)30(17)21-12-9-18(31)13-23(21)34-27(30)38/h4-13,17,25H,14-15H2,1-3H3,(H,34,38)(H,36,37)/t17-,25-,30+/m1/s1. The number of fused-ring (bicyclic) bond motifs is 2. The van der Waals surface area contributed by atoms with Crippen molar-refractivity contribution in [3.05, 3.63) is 93.2 Å². The minimum Gasteiger partial charge on any atom is -0.478 e. The third-order valence-electron chi connectivity index (χ3n) is 7.53. The van der Waals surface area contributed by atoms with Gasteiger partial charge in [0.15, 0.2) is 0 Å². The molecule has 1 fully saturated rings. The van der Waals surface area contributed by atoms with Crippen LogP contribution in [0.4, 0.5) is 14.9 Å². The number of ether oxygens (including phenoxy) is 1. The summed E-state index contributed by atoms with van der Waals surface area (Å²) in [6.45, 7) is 6.21. The average Bonchev–Trinajstić information content (AvgIpc) is 3.35. The monoisotopic (exact) mass is 584 g/mol. The maximum absolute atomic E-state index is 15.8. The highest BCUT2D eigenvalue weighted by molar-refractivity contribution is 6.31. The van der Waals surface area contributed by atoms with Crippen LogP contribution in [0.1, 0.15) is 54.7 Å². The fraction of sp³-hybridized carbons (Fsp3) is 0.300. The first-order chi connectivity index (χ1) is 18.8. The molecule has 0 aliphatic carbocycles. The predicted molar refractivity (Wildman–Crippen MR) is 150 cm³/mol. The second-order valence-corrected chi connectivity index (χ2v) is 12.2. The van der Waals surface area contributed by atoms with E-state index in [0.29, 0.717) is 22.7 Å². The first-order valence-corrected chi connectivity index (χ1v) is 13.5. The number of likely N-dealkylation sites (tertiary alicyclic amines) is 1. The minimum atomic E-state index is -1.37. The van der Waals surface area contributed by atoms with E-state index in [4.69, 9.17) is 27.9 Å². The van der Waals surface area contributed by atoms with Crippen molar-refractivity contribution < 1.29 is 28.6 Å². The summed E-state index contributed by atoms with van der Waals surface area (Å²) in [7, 11) is 0. The van der Waals surface area contributed by atoms with Gasteiger partial charge in [-0.25, -0.2) is 14.0 Å². The Kier molecular flexibility index (Phi) is 7.04. The quantitative estimate of drug-likeness (QED) is 0.334. The van der Waals surface area contributed by atoms with Crippen LogP contribution in [0, 0.1) is 17.2 Å². The summed E-state index contributed by atoms with van der Waals surface area (Å²) >= 11 is 12.5. The molecule has 2 N–H and O–H groups in total. The highest BCUT2D eigenvalue weighted by Gasteiger charge is 2.65.